The zero-order chi connectivity index (χ0) is 7.40. The van der Waals surface area contributed by atoms with Gasteiger partial charge in [0.25, 0.3) is 0 Å². The molecule has 1 atom stereocenters. The summed E-state index contributed by atoms with van der Waals surface area (Å²) in [6.07, 6.45) is 1.60. The van der Waals surface area contributed by atoms with Gasteiger partial charge in [-0.25, -0.2) is 4.39 Å². The van der Waals surface area contributed by atoms with Gasteiger partial charge in [0.15, 0.2) is 0 Å². The first kappa shape index (κ1) is 10.3. The van der Waals surface area contributed by atoms with Gasteiger partial charge in [0.1, 0.15) is 6.67 Å². The number of hydrogen-bond acceptors (Lipinski definition) is 2. The van der Waals surface area contributed by atoms with E-state index in [0.717, 1.165) is 0 Å². The minimum Gasteiger partial charge on any atom is -0.321 e. The summed E-state index contributed by atoms with van der Waals surface area (Å²) in [5.41, 5.74) is 5.96. The molecule has 0 aliphatic rings. The molecule has 4 heteroatoms. The van der Waals surface area contributed by atoms with E-state index in [-0.39, 0.29) is 12.4 Å². The van der Waals surface area contributed by atoms with Crippen LogP contribution in [0.15, 0.2) is 24.4 Å². The van der Waals surface area contributed by atoms with Gasteiger partial charge in [0.05, 0.1) is 11.7 Å². The normalized spacial score (nSPS) is 11.8. The summed E-state index contributed by atoms with van der Waals surface area (Å²) in [4.78, 5) is 3.88. The highest BCUT2D eigenvalue weighted by Gasteiger charge is 2.03. The van der Waals surface area contributed by atoms with Crippen LogP contribution in [0.4, 0.5) is 4.39 Å². The maximum absolute atomic E-state index is 11.9. The van der Waals surface area contributed by atoms with Gasteiger partial charge in [-0.3, -0.25) is 4.98 Å². The van der Waals surface area contributed by atoms with Gasteiger partial charge in [-0.1, -0.05) is 6.07 Å². The average molecular weight is 177 g/mol. The predicted molar refractivity (Wildman–Crippen MR) is 44.4 cm³/mol. The van der Waals surface area contributed by atoms with Crippen molar-refractivity contribution in [2.24, 2.45) is 5.73 Å². The summed E-state index contributed by atoms with van der Waals surface area (Å²) < 4.78 is 11.9. The van der Waals surface area contributed by atoms with Crippen LogP contribution in [-0.4, -0.2) is 11.7 Å². The molecule has 1 rings (SSSR count). The molecule has 11 heavy (non-hydrogen) atoms. The van der Waals surface area contributed by atoms with Crippen LogP contribution in [-0.2, 0) is 0 Å². The van der Waals surface area contributed by atoms with E-state index in [9.17, 15) is 4.39 Å². The Morgan fingerprint density at radius 2 is 2.27 bits per heavy atom. The lowest BCUT2D eigenvalue weighted by molar-refractivity contribution is 0.432. The molecule has 0 amide bonds. The van der Waals surface area contributed by atoms with Crippen molar-refractivity contribution in [3.8, 4) is 0 Å². The Hall–Kier alpha value is -0.670. The van der Waals surface area contributed by atoms with E-state index < -0.39 is 12.7 Å². The second-order valence-corrected chi connectivity index (χ2v) is 2.02. The van der Waals surface area contributed by atoms with Crippen LogP contribution >= 0.6 is 12.4 Å². The fraction of sp³-hybridized carbons (Fsp3) is 0.286. The van der Waals surface area contributed by atoms with E-state index in [1.54, 1.807) is 24.4 Å². The molecule has 1 aromatic heterocycles. The van der Waals surface area contributed by atoms with Crippen molar-refractivity contribution in [1.82, 2.24) is 4.98 Å². The van der Waals surface area contributed by atoms with E-state index in [4.69, 9.17) is 5.73 Å². The number of halogens is 2. The molecule has 1 aromatic rings. The Morgan fingerprint density at radius 3 is 2.73 bits per heavy atom. The second kappa shape index (κ2) is 5.04. The maximum atomic E-state index is 11.9. The van der Waals surface area contributed by atoms with E-state index in [2.05, 4.69) is 4.98 Å². The van der Waals surface area contributed by atoms with Crippen LogP contribution in [0.2, 0.25) is 0 Å². The molecule has 0 fully saturated rings. The van der Waals surface area contributed by atoms with Gasteiger partial charge in [-0.2, -0.15) is 0 Å². The van der Waals surface area contributed by atoms with Crippen LogP contribution in [0, 0.1) is 0 Å². The second-order valence-electron chi connectivity index (χ2n) is 2.02. The van der Waals surface area contributed by atoms with Crippen LogP contribution in [0.5, 0.6) is 0 Å². The molecule has 1 heterocycles. The molecule has 0 aliphatic heterocycles. The van der Waals surface area contributed by atoms with Crippen LogP contribution in [0.3, 0.4) is 0 Å². The molecule has 0 saturated carbocycles. The van der Waals surface area contributed by atoms with Crippen LogP contribution in [0.25, 0.3) is 0 Å². The van der Waals surface area contributed by atoms with Gasteiger partial charge in [0.2, 0.25) is 0 Å². The third kappa shape index (κ3) is 2.82. The summed E-state index contributed by atoms with van der Waals surface area (Å²) in [5.74, 6) is 0. The first-order valence-electron chi connectivity index (χ1n) is 3.07. The summed E-state index contributed by atoms with van der Waals surface area (Å²) >= 11 is 0. The molecule has 2 N–H and O–H groups in total. The fourth-order valence-corrected chi connectivity index (χ4v) is 0.674. The molecular weight excluding hydrogens is 167 g/mol. The monoisotopic (exact) mass is 176 g/mol. The first-order valence-corrected chi connectivity index (χ1v) is 3.07. The van der Waals surface area contributed by atoms with Crippen molar-refractivity contribution < 1.29 is 4.39 Å². The predicted octanol–water partition coefficient (Wildman–Crippen LogP) is 1.47. The molecule has 0 bridgehead atoms. The minimum absolute atomic E-state index is 0. The van der Waals surface area contributed by atoms with Crippen molar-refractivity contribution in [2.75, 3.05) is 6.67 Å². The highest BCUT2D eigenvalue weighted by Crippen LogP contribution is 2.04. The van der Waals surface area contributed by atoms with Crippen molar-refractivity contribution in [3.63, 3.8) is 0 Å². The SMILES string of the molecule is Cl.N[C@@H](CF)c1ccccn1. The van der Waals surface area contributed by atoms with Crippen molar-refractivity contribution >= 4 is 12.4 Å². The Labute approximate surface area is 71.0 Å². The Bertz CT molecular complexity index is 193. The Kier molecular flexibility index (Phi) is 4.74. The third-order valence-electron chi connectivity index (χ3n) is 1.23. The smallest absolute Gasteiger partial charge is 0.110 e. The number of pyridine rings is 1. The summed E-state index contributed by atoms with van der Waals surface area (Å²) in [7, 11) is 0. The number of nitrogens with zero attached hydrogens (tertiary/aromatic N) is 1. The standard InChI is InChI=1S/C7H9FN2.ClH/c8-5-6(9)7-3-1-2-4-10-7;/h1-4,6H,5,9H2;1H/t6-;/m0./s1. The molecule has 0 aromatic carbocycles. The Morgan fingerprint density at radius 1 is 1.55 bits per heavy atom. The van der Waals surface area contributed by atoms with Crippen LogP contribution < -0.4 is 5.73 Å². The maximum Gasteiger partial charge on any atom is 0.110 e. The van der Waals surface area contributed by atoms with Crippen molar-refractivity contribution in [2.45, 2.75) is 6.04 Å². The number of hydrogen-bond donors (Lipinski definition) is 1. The third-order valence-corrected chi connectivity index (χ3v) is 1.23. The molecule has 0 radical (unpaired) electrons. The average Bonchev–Trinajstić information content (AvgIpc) is 2.05. The van der Waals surface area contributed by atoms with E-state index in [0.29, 0.717) is 5.69 Å². The summed E-state index contributed by atoms with van der Waals surface area (Å²) in [5, 5.41) is 0. The van der Waals surface area contributed by atoms with Crippen molar-refractivity contribution in [1.29, 1.82) is 0 Å². The highest BCUT2D eigenvalue weighted by atomic mass is 35.5. The topological polar surface area (TPSA) is 38.9 Å². The van der Waals surface area contributed by atoms with Gasteiger partial charge >= 0.3 is 0 Å². The zero-order valence-corrected chi connectivity index (χ0v) is 6.72. The number of alkyl halides is 1. The number of aromatic nitrogens is 1. The molecule has 2 nitrogen and oxygen atoms in total. The largest absolute Gasteiger partial charge is 0.321 e. The molecule has 62 valence electrons. The lowest BCUT2D eigenvalue weighted by Gasteiger charge is -2.03. The molecule has 0 unspecified atom stereocenters. The van der Waals surface area contributed by atoms with Crippen molar-refractivity contribution in [3.05, 3.63) is 30.1 Å². The highest BCUT2D eigenvalue weighted by molar-refractivity contribution is 5.85. The van der Waals surface area contributed by atoms with Crippen LogP contribution in [0.1, 0.15) is 11.7 Å². The van der Waals surface area contributed by atoms with E-state index in [1.165, 1.54) is 0 Å². The molecule has 0 aliphatic carbocycles. The fourth-order valence-electron chi connectivity index (χ4n) is 0.674. The summed E-state index contributed by atoms with van der Waals surface area (Å²) in [6.45, 7) is -0.559. The lowest BCUT2D eigenvalue weighted by atomic mass is 10.2. The quantitative estimate of drug-likeness (QED) is 0.741. The first-order chi connectivity index (χ1) is 4.84. The minimum atomic E-state index is -0.568. The van der Waals surface area contributed by atoms with E-state index in [1.807, 2.05) is 0 Å². The summed E-state index contributed by atoms with van der Waals surface area (Å²) in [6, 6.07) is 4.71. The zero-order valence-electron chi connectivity index (χ0n) is 5.90. The number of nitrogens with two attached hydrogens (primary N) is 1. The van der Waals surface area contributed by atoms with E-state index >= 15 is 0 Å². The van der Waals surface area contributed by atoms with Gasteiger partial charge in [-0.15, -0.1) is 12.4 Å². The van der Waals surface area contributed by atoms with Gasteiger partial charge in [-0.05, 0) is 12.1 Å². The molecular formula is C7H10ClFN2. The Balaban J connectivity index is 0.000001000. The number of rotatable bonds is 2. The van der Waals surface area contributed by atoms with Gasteiger partial charge < -0.3 is 5.73 Å². The lowest BCUT2D eigenvalue weighted by Crippen LogP contribution is -2.13. The van der Waals surface area contributed by atoms with Gasteiger partial charge in [0, 0.05) is 6.20 Å². The molecule has 0 spiro atoms. The molecule has 0 saturated heterocycles.